The number of rotatable bonds is 6. The summed E-state index contributed by atoms with van der Waals surface area (Å²) in [5.74, 6) is -1.77. The zero-order valence-electron chi connectivity index (χ0n) is 9.33. The molecule has 17 heavy (non-hydrogen) atoms. The molecule has 0 bridgehead atoms. The van der Waals surface area contributed by atoms with E-state index >= 15 is 0 Å². The lowest BCUT2D eigenvalue weighted by molar-refractivity contribution is -0.135. The second-order valence-electron chi connectivity index (χ2n) is 3.38. The number of hydrogen-bond acceptors (Lipinski definition) is 5. The van der Waals surface area contributed by atoms with Crippen LogP contribution in [0.2, 0.25) is 0 Å². The molecule has 0 radical (unpaired) electrons. The molecule has 0 aliphatic heterocycles. The number of anilines is 1. The number of aromatic nitrogens is 2. The van der Waals surface area contributed by atoms with E-state index in [1.807, 2.05) is 6.92 Å². The highest BCUT2D eigenvalue weighted by Crippen LogP contribution is 2.09. The van der Waals surface area contributed by atoms with Crippen LogP contribution >= 0.6 is 0 Å². The first-order chi connectivity index (χ1) is 8.04. The summed E-state index contributed by atoms with van der Waals surface area (Å²) in [6.45, 7) is 2.25. The van der Waals surface area contributed by atoms with Gasteiger partial charge in [0.2, 0.25) is 0 Å². The van der Waals surface area contributed by atoms with Crippen LogP contribution in [0.5, 0.6) is 0 Å². The number of carboxylic acids is 2. The molecule has 1 aromatic rings. The molecule has 0 spiro atoms. The van der Waals surface area contributed by atoms with Crippen molar-refractivity contribution in [2.24, 2.45) is 0 Å². The Morgan fingerprint density at radius 1 is 1.29 bits per heavy atom. The highest BCUT2D eigenvalue weighted by atomic mass is 16.4. The second-order valence-corrected chi connectivity index (χ2v) is 3.38. The fourth-order valence-electron chi connectivity index (χ4n) is 1.30. The monoisotopic (exact) mass is 239 g/mol. The van der Waals surface area contributed by atoms with Gasteiger partial charge in [-0.25, -0.2) is 14.8 Å². The van der Waals surface area contributed by atoms with E-state index in [0.29, 0.717) is 12.4 Å². The Balaban J connectivity index is 2.86. The standard InChI is InChI=1S/C10H13N3O4/c1-2-3-13(6-9(14)15)8-5-11-7(4-12-8)10(16)17/h4-5H,2-3,6H2,1H3,(H,14,15)(H,16,17). The molecule has 0 fully saturated rings. The van der Waals surface area contributed by atoms with Gasteiger partial charge in [0.05, 0.1) is 12.4 Å². The molecule has 0 saturated carbocycles. The Labute approximate surface area is 97.7 Å². The smallest absolute Gasteiger partial charge is 0.356 e. The van der Waals surface area contributed by atoms with Gasteiger partial charge in [-0.2, -0.15) is 0 Å². The topological polar surface area (TPSA) is 104 Å². The first-order valence-electron chi connectivity index (χ1n) is 5.06. The molecule has 7 heteroatoms. The third-order valence-corrected chi connectivity index (χ3v) is 2.00. The minimum atomic E-state index is -1.16. The average molecular weight is 239 g/mol. The summed E-state index contributed by atoms with van der Waals surface area (Å²) in [4.78, 5) is 30.3. The quantitative estimate of drug-likeness (QED) is 0.743. The van der Waals surface area contributed by atoms with Gasteiger partial charge in [0.15, 0.2) is 5.69 Å². The summed E-state index contributed by atoms with van der Waals surface area (Å²) in [5, 5.41) is 17.4. The van der Waals surface area contributed by atoms with Crippen molar-refractivity contribution in [3.05, 3.63) is 18.1 Å². The lowest BCUT2D eigenvalue weighted by Crippen LogP contribution is -2.31. The molecule has 2 N–H and O–H groups in total. The normalized spacial score (nSPS) is 9.94. The predicted molar refractivity (Wildman–Crippen MR) is 59.1 cm³/mol. The van der Waals surface area contributed by atoms with Crippen molar-refractivity contribution in [2.75, 3.05) is 18.0 Å². The van der Waals surface area contributed by atoms with Crippen LogP contribution in [0.1, 0.15) is 23.8 Å². The predicted octanol–water partition coefficient (Wildman–Crippen LogP) is 0.476. The fraction of sp³-hybridized carbons (Fsp3) is 0.400. The van der Waals surface area contributed by atoms with Crippen molar-refractivity contribution in [1.29, 1.82) is 0 Å². The number of aromatic carboxylic acids is 1. The molecule has 1 rings (SSSR count). The van der Waals surface area contributed by atoms with Crippen LogP contribution in [0.3, 0.4) is 0 Å². The van der Waals surface area contributed by atoms with E-state index in [2.05, 4.69) is 9.97 Å². The Kier molecular flexibility index (Phi) is 4.38. The maximum absolute atomic E-state index is 10.6. The molecular weight excluding hydrogens is 226 g/mol. The van der Waals surface area contributed by atoms with Crippen molar-refractivity contribution in [1.82, 2.24) is 9.97 Å². The van der Waals surface area contributed by atoms with Crippen molar-refractivity contribution >= 4 is 17.8 Å². The van der Waals surface area contributed by atoms with Crippen LogP contribution in [0.15, 0.2) is 12.4 Å². The average Bonchev–Trinajstić information content (AvgIpc) is 2.28. The summed E-state index contributed by atoms with van der Waals surface area (Å²) < 4.78 is 0. The van der Waals surface area contributed by atoms with E-state index in [4.69, 9.17) is 10.2 Å². The highest BCUT2D eigenvalue weighted by molar-refractivity contribution is 5.85. The lowest BCUT2D eigenvalue weighted by Gasteiger charge is -2.20. The number of carboxylic acid groups (broad SMARTS) is 2. The molecular formula is C10H13N3O4. The van der Waals surface area contributed by atoms with E-state index in [9.17, 15) is 9.59 Å². The van der Waals surface area contributed by atoms with Crippen LogP contribution in [0, 0.1) is 0 Å². The zero-order valence-corrected chi connectivity index (χ0v) is 9.33. The first-order valence-corrected chi connectivity index (χ1v) is 5.06. The Bertz CT molecular complexity index is 405. The van der Waals surface area contributed by atoms with Crippen molar-refractivity contribution < 1.29 is 19.8 Å². The molecule has 1 heterocycles. The summed E-state index contributed by atoms with van der Waals surface area (Å²) in [5.41, 5.74) is -0.166. The lowest BCUT2D eigenvalue weighted by atomic mass is 10.4. The number of hydrogen-bond donors (Lipinski definition) is 2. The van der Waals surface area contributed by atoms with E-state index in [1.165, 1.54) is 11.1 Å². The number of carbonyl (C=O) groups is 2. The van der Waals surface area contributed by atoms with Crippen LogP contribution in [0.4, 0.5) is 5.82 Å². The van der Waals surface area contributed by atoms with Crippen LogP contribution in [0.25, 0.3) is 0 Å². The fourth-order valence-corrected chi connectivity index (χ4v) is 1.30. The molecule has 1 aromatic heterocycles. The molecule has 92 valence electrons. The van der Waals surface area contributed by atoms with Gasteiger partial charge >= 0.3 is 11.9 Å². The SMILES string of the molecule is CCCN(CC(=O)O)c1cnc(C(=O)O)cn1. The van der Waals surface area contributed by atoms with Gasteiger partial charge in [0, 0.05) is 6.54 Å². The molecule has 0 atom stereocenters. The highest BCUT2D eigenvalue weighted by Gasteiger charge is 2.12. The summed E-state index contributed by atoms with van der Waals surface area (Å²) in [6, 6.07) is 0. The van der Waals surface area contributed by atoms with Crippen molar-refractivity contribution in [3.63, 3.8) is 0 Å². The van der Waals surface area contributed by atoms with Crippen molar-refractivity contribution in [3.8, 4) is 0 Å². The second kappa shape index (κ2) is 5.78. The third kappa shape index (κ3) is 3.71. The summed E-state index contributed by atoms with van der Waals surface area (Å²) in [6.07, 6.45) is 3.14. The zero-order chi connectivity index (χ0) is 12.8. The molecule has 0 aliphatic carbocycles. The molecule has 0 saturated heterocycles. The molecule has 7 nitrogen and oxygen atoms in total. The van der Waals surface area contributed by atoms with E-state index in [-0.39, 0.29) is 12.2 Å². The number of nitrogens with zero attached hydrogens (tertiary/aromatic N) is 3. The van der Waals surface area contributed by atoms with Gasteiger partial charge < -0.3 is 15.1 Å². The van der Waals surface area contributed by atoms with Crippen LogP contribution in [-0.2, 0) is 4.79 Å². The van der Waals surface area contributed by atoms with Gasteiger partial charge in [0.25, 0.3) is 0 Å². The molecule has 0 aromatic carbocycles. The minimum absolute atomic E-state index is 0.166. The number of aliphatic carboxylic acids is 1. The largest absolute Gasteiger partial charge is 0.480 e. The van der Waals surface area contributed by atoms with E-state index < -0.39 is 11.9 Å². The summed E-state index contributed by atoms with van der Waals surface area (Å²) >= 11 is 0. The van der Waals surface area contributed by atoms with Crippen molar-refractivity contribution in [2.45, 2.75) is 13.3 Å². The molecule has 0 amide bonds. The van der Waals surface area contributed by atoms with Gasteiger partial charge in [-0.05, 0) is 6.42 Å². The van der Waals surface area contributed by atoms with Gasteiger partial charge in [0.1, 0.15) is 12.4 Å². The van der Waals surface area contributed by atoms with E-state index in [0.717, 1.165) is 12.6 Å². The Hall–Kier alpha value is -2.18. The third-order valence-electron chi connectivity index (χ3n) is 2.00. The van der Waals surface area contributed by atoms with Crippen LogP contribution in [-0.4, -0.2) is 45.2 Å². The molecule has 0 unspecified atom stereocenters. The van der Waals surface area contributed by atoms with E-state index in [1.54, 1.807) is 0 Å². The first kappa shape index (κ1) is 12.9. The van der Waals surface area contributed by atoms with Gasteiger partial charge in [-0.3, -0.25) is 4.79 Å². The minimum Gasteiger partial charge on any atom is -0.480 e. The van der Waals surface area contributed by atoms with Gasteiger partial charge in [-0.15, -0.1) is 0 Å². The summed E-state index contributed by atoms with van der Waals surface area (Å²) in [7, 11) is 0. The Morgan fingerprint density at radius 3 is 2.41 bits per heavy atom. The van der Waals surface area contributed by atoms with Gasteiger partial charge in [-0.1, -0.05) is 6.92 Å². The molecule has 0 aliphatic rings. The maximum atomic E-state index is 10.6. The Morgan fingerprint density at radius 2 is 2.00 bits per heavy atom. The van der Waals surface area contributed by atoms with Crippen LogP contribution < -0.4 is 4.90 Å². The maximum Gasteiger partial charge on any atom is 0.356 e.